The Bertz CT molecular complexity index is 256. The van der Waals surface area contributed by atoms with Gasteiger partial charge < -0.3 is 5.11 Å². The number of rotatable bonds is 7. The normalized spacial score (nSPS) is 10.5. The third-order valence-electron chi connectivity index (χ3n) is 2.69. The Morgan fingerprint density at radius 2 is 1.73 bits per heavy atom. The van der Waals surface area contributed by atoms with Crippen molar-refractivity contribution in [3.05, 3.63) is 30.1 Å². The molecule has 1 N–H and O–H groups in total. The van der Waals surface area contributed by atoms with Crippen LogP contribution in [-0.4, -0.2) is 11.7 Å². The monoisotopic (exact) mass is 208 g/mol. The van der Waals surface area contributed by atoms with Gasteiger partial charge in [0.15, 0.2) is 12.4 Å². The number of nitrogens with zero attached hydrogens (tertiary/aromatic N) is 1. The lowest BCUT2D eigenvalue weighted by Crippen LogP contribution is -2.32. The summed E-state index contributed by atoms with van der Waals surface area (Å²) in [5.41, 5.74) is 1.39. The van der Waals surface area contributed by atoms with E-state index in [4.69, 9.17) is 5.11 Å². The smallest absolute Gasteiger partial charge is 0.169 e. The zero-order valence-corrected chi connectivity index (χ0v) is 9.65. The predicted octanol–water partition coefficient (Wildman–Crippen LogP) is 2.09. The van der Waals surface area contributed by atoms with Crippen LogP contribution in [0.3, 0.4) is 0 Å². The number of aromatic nitrogens is 1. The molecule has 1 rings (SSSR count). The van der Waals surface area contributed by atoms with Crippen LogP contribution >= 0.6 is 0 Å². The topological polar surface area (TPSA) is 24.1 Å². The summed E-state index contributed by atoms with van der Waals surface area (Å²) in [6.45, 7) is 3.60. The Hall–Kier alpha value is -0.890. The van der Waals surface area contributed by atoms with Crippen LogP contribution in [0.4, 0.5) is 0 Å². The first-order valence-electron chi connectivity index (χ1n) is 5.95. The molecule has 15 heavy (non-hydrogen) atoms. The maximum Gasteiger partial charge on any atom is 0.169 e. The summed E-state index contributed by atoms with van der Waals surface area (Å²) < 4.78 is 2.23. The third kappa shape index (κ3) is 4.93. The molecule has 0 saturated heterocycles. The van der Waals surface area contributed by atoms with Gasteiger partial charge in [0.05, 0.1) is 0 Å². The summed E-state index contributed by atoms with van der Waals surface area (Å²) >= 11 is 0. The molecule has 1 aromatic rings. The van der Waals surface area contributed by atoms with Gasteiger partial charge in [-0.3, -0.25) is 0 Å². The highest BCUT2D eigenvalue weighted by Gasteiger charge is 1.99. The zero-order valence-electron chi connectivity index (χ0n) is 9.65. The molecule has 0 amide bonds. The van der Waals surface area contributed by atoms with Gasteiger partial charge in [-0.25, -0.2) is 4.57 Å². The third-order valence-corrected chi connectivity index (χ3v) is 2.69. The van der Waals surface area contributed by atoms with Crippen LogP contribution in [0.5, 0.6) is 0 Å². The molecule has 1 aromatic heterocycles. The fourth-order valence-electron chi connectivity index (χ4n) is 1.63. The van der Waals surface area contributed by atoms with Crippen molar-refractivity contribution < 1.29 is 9.67 Å². The van der Waals surface area contributed by atoms with Crippen molar-refractivity contribution in [3.8, 4) is 0 Å². The summed E-state index contributed by atoms with van der Waals surface area (Å²) in [4.78, 5) is 0. The van der Waals surface area contributed by atoms with E-state index < -0.39 is 0 Å². The molecule has 0 unspecified atom stereocenters. The molecule has 0 aliphatic carbocycles. The lowest BCUT2D eigenvalue weighted by atomic mass is 10.2. The van der Waals surface area contributed by atoms with Crippen molar-refractivity contribution in [2.24, 2.45) is 0 Å². The van der Waals surface area contributed by atoms with E-state index in [0.29, 0.717) is 6.61 Å². The SMILES string of the molecule is CCc1cc[n+](CCCCCCO)cc1. The van der Waals surface area contributed by atoms with Crippen molar-refractivity contribution in [1.82, 2.24) is 0 Å². The van der Waals surface area contributed by atoms with E-state index in [1.165, 1.54) is 18.4 Å². The molecular formula is C13H22NO+. The minimum Gasteiger partial charge on any atom is -0.396 e. The first-order valence-corrected chi connectivity index (χ1v) is 5.95. The van der Waals surface area contributed by atoms with Crippen LogP contribution in [0, 0.1) is 0 Å². The highest BCUT2D eigenvalue weighted by Crippen LogP contribution is 1.99. The van der Waals surface area contributed by atoms with E-state index in [0.717, 1.165) is 25.8 Å². The predicted molar refractivity (Wildman–Crippen MR) is 61.6 cm³/mol. The largest absolute Gasteiger partial charge is 0.396 e. The lowest BCUT2D eigenvalue weighted by Gasteiger charge is -1.98. The molecule has 0 bridgehead atoms. The molecule has 0 radical (unpaired) electrons. The Morgan fingerprint density at radius 3 is 2.33 bits per heavy atom. The van der Waals surface area contributed by atoms with Crippen LogP contribution in [0.15, 0.2) is 24.5 Å². The van der Waals surface area contributed by atoms with Gasteiger partial charge in [-0.05, 0) is 24.8 Å². The summed E-state index contributed by atoms with van der Waals surface area (Å²) in [7, 11) is 0. The van der Waals surface area contributed by atoms with Crippen LogP contribution in [0.2, 0.25) is 0 Å². The number of aliphatic hydroxyl groups excluding tert-OH is 1. The van der Waals surface area contributed by atoms with Crippen molar-refractivity contribution in [1.29, 1.82) is 0 Å². The molecular weight excluding hydrogens is 186 g/mol. The number of aryl methyl sites for hydroxylation is 2. The van der Waals surface area contributed by atoms with Crippen LogP contribution < -0.4 is 4.57 Å². The zero-order chi connectivity index (χ0) is 10.9. The standard InChI is InChI=1S/C13H22NO/c1-2-13-7-10-14(11-8-13)9-5-3-4-6-12-15/h7-8,10-11,15H,2-6,9,12H2,1H3/q+1. The van der Waals surface area contributed by atoms with Crippen molar-refractivity contribution >= 4 is 0 Å². The second-order valence-corrected chi connectivity index (χ2v) is 3.94. The number of pyridine rings is 1. The average Bonchev–Trinajstić information content (AvgIpc) is 2.30. The van der Waals surface area contributed by atoms with Gasteiger partial charge in [0.1, 0.15) is 6.54 Å². The van der Waals surface area contributed by atoms with Gasteiger partial charge in [0.2, 0.25) is 0 Å². The fraction of sp³-hybridized carbons (Fsp3) is 0.615. The van der Waals surface area contributed by atoms with Gasteiger partial charge in [0, 0.05) is 25.2 Å². The van der Waals surface area contributed by atoms with Gasteiger partial charge >= 0.3 is 0 Å². The average molecular weight is 208 g/mol. The summed E-state index contributed by atoms with van der Waals surface area (Å²) in [6.07, 6.45) is 9.93. The maximum atomic E-state index is 8.64. The molecule has 2 heteroatoms. The minimum absolute atomic E-state index is 0.332. The van der Waals surface area contributed by atoms with E-state index in [1.807, 2.05) is 0 Å². The number of aliphatic hydroxyl groups is 1. The summed E-state index contributed by atoms with van der Waals surface area (Å²) in [6, 6.07) is 4.38. The van der Waals surface area contributed by atoms with Crippen LogP contribution in [0.25, 0.3) is 0 Å². The lowest BCUT2D eigenvalue weighted by molar-refractivity contribution is -0.697. The van der Waals surface area contributed by atoms with Gasteiger partial charge in [-0.1, -0.05) is 13.3 Å². The van der Waals surface area contributed by atoms with Gasteiger partial charge in [-0.2, -0.15) is 0 Å². The first kappa shape index (κ1) is 12.2. The highest BCUT2D eigenvalue weighted by atomic mass is 16.2. The van der Waals surface area contributed by atoms with E-state index in [1.54, 1.807) is 0 Å². The van der Waals surface area contributed by atoms with Crippen molar-refractivity contribution in [2.75, 3.05) is 6.61 Å². The van der Waals surface area contributed by atoms with Crippen LogP contribution in [-0.2, 0) is 13.0 Å². The maximum absolute atomic E-state index is 8.64. The van der Waals surface area contributed by atoms with E-state index in [2.05, 4.69) is 36.0 Å². The van der Waals surface area contributed by atoms with E-state index in [9.17, 15) is 0 Å². The summed E-state index contributed by atoms with van der Waals surface area (Å²) in [5.74, 6) is 0. The van der Waals surface area contributed by atoms with E-state index >= 15 is 0 Å². The summed E-state index contributed by atoms with van der Waals surface area (Å²) in [5, 5.41) is 8.64. The highest BCUT2D eigenvalue weighted by molar-refractivity contribution is 5.06. The quantitative estimate of drug-likeness (QED) is 0.538. The minimum atomic E-state index is 0.332. The van der Waals surface area contributed by atoms with E-state index in [-0.39, 0.29) is 0 Å². The number of unbranched alkanes of at least 4 members (excludes halogenated alkanes) is 3. The number of hydrogen-bond acceptors (Lipinski definition) is 1. The van der Waals surface area contributed by atoms with Gasteiger partial charge in [-0.15, -0.1) is 0 Å². The Balaban J connectivity index is 2.20. The van der Waals surface area contributed by atoms with Crippen molar-refractivity contribution in [2.45, 2.75) is 45.6 Å². The molecule has 0 atom stereocenters. The fourth-order valence-corrected chi connectivity index (χ4v) is 1.63. The molecule has 0 aliphatic heterocycles. The molecule has 2 nitrogen and oxygen atoms in total. The molecule has 0 spiro atoms. The Labute approximate surface area is 92.6 Å². The molecule has 84 valence electrons. The molecule has 0 saturated carbocycles. The van der Waals surface area contributed by atoms with Crippen molar-refractivity contribution in [3.63, 3.8) is 0 Å². The second-order valence-electron chi connectivity index (χ2n) is 3.94. The second kappa shape index (κ2) is 7.41. The molecule has 1 heterocycles. The first-order chi connectivity index (χ1) is 7.36. The molecule has 0 fully saturated rings. The number of hydrogen-bond donors (Lipinski definition) is 1. The Kier molecular flexibility index (Phi) is 6.02. The Morgan fingerprint density at radius 1 is 1.07 bits per heavy atom. The molecule has 0 aromatic carbocycles. The van der Waals surface area contributed by atoms with Crippen LogP contribution in [0.1, 0.15) is 38.2 Å². The molecule has 0 aliphatic rings. The van der Waals surface area contributed by atoms with Gasteiger partial charge in [0.25, 0.3) is 0 Å².